The summed E-state index contributed by atoms with van der Waals surface area (Å²) in [5.74, 6) is -0.0502. The van der Waals surface area contributed by atoms with Gasteiger partial charge in [0.1, 0.15) is 0 Å². The molecule has 1 nitrogen and oxygen atoms in total. The first kappa shape index (κ1) is 13.5. The molecule has 2 atom stereocenters. The van der Waals surface area contributed by atoms with E-state index in [0.29, 0.717) is 12.6 Å². The maximum Gasteiger partial charge on any atom is 0.159 e. The minimum Gasteiger partial charge on any atom is -0.310 e. The second-order valence-electron chi connectivity index (χ2n) is 5.74. The summed E-state index contributed by atoms with van der Waals surface area (Å²) in [4.78, 5) is 0. The lowest BCUT2D eigenvalue weighted by molar-refractivity contribution is 0.238. The van der Waals surface area contributed by atoms with Crippen molar-refractivity contribution in [2.24, 2.45) is 11.8 Å². The van der Waals surface area contributed by atoms with Crippen molar-refractivity contribution in [1.29, 1.82) is 0 Å². The molecule has 3 heteroatoms. The van der Waals surface area contributed by atoms with Crippen LogP contribution in [-0.2, 0) is 6.54 Å². The Hall–Kier alpha value is -0.960. The minimum atomic E-state index is -0.779. The lowest BCUT2D eigenvalue weighted by Crippen LogP contribution is -2.35. The van der Waals surface area contributed by atoms with E-state index in [1.807, 2.05) is 0 Å². The van der Waals surface area contributed by atoms with Gasteiger partial charge in [-0.05, 0) is 48.8 Å². The maximum absolute atomic E-state index is 13.1. The molecule has 0 bridgehead atoms. The summed E-state index contributed by atoms with van der Waals surface area (Å²) in [6.07, 6.45) is 3.64. The highest BCUT2D eigenvalue weighted by Crippen LogP contribution is 2.28. The van der Waals surface area contributed by atoms with E-state index >= 15 is 0 Å². The molecule has 2 unspecified atom stereocenters. The Bertz CT molecular complexity index is 395. The van der Waals surface area contributed by atoms with Crippen molar-refractivity contribution in [3.8, 4) is 0 Å². The highest BCUT2D eigenvalue weighted by molar-refractivity contribution is 5.17. The zero-order valence-electron chi connectivity index (χ0n) is 11.0. The summed E-state index contributed by atoms with van der Waals surface area (Å²) >= 11 is 0. The van der Waals surface area contributed by atoms with E-state index in [2.05, 4.69) is 19.2 Å². The van der Waals surface area contributed by atoms with E-state index in [0.717, 1.165) is 17.4 Å². The molecule has 1 aromatic carbocycles. The summed E-state index contributed by atoms with van der Waals surface area (Å²) in [6, 6.07) is 4.61. The SMILES string of the molecule is CC1CC(C)CC(NCc2ccc(F)c(F)c2)C1. The summed E-state index contributed by atoms with van der Waals surface area (Å²) in [6.45, 7) is 5.17. The summed E-state index contributed by atoms with van der Waals surface area (Å²) in [5, 5.41) is 3.46. The molecular formula is C15H21F2N. The number of rotatable bonds is 3. The van der Waals surface area contributed by atoms with Gasteiger partial charge in [0.2, 0.25) is 0 Å². The molecule has 1 saturated carbocycles. The first-order chi connectivity index (χ1) is 8.54. The topological polar surface area (TPSA) is 12.0 Å². The van der Waals surface area contributed by atoms with Gasteiger partial charge in [0.15, 0.2) is 11.6 Å². The number of benzene rings is 1. The third kappa shape index (κ3) is 3.52. The maximum atomic E-state index is 13.1. The molecule has 18 heavy (non-hydrogen) atoms. The van der Waals surface area contributed by atoms with Crippen LogP contribution >= 0.6 is 0 Å². The van der Waals surface area contributed by atoms with E-state index in [4.69, 9.17) is 0 Å². The van der Waals surface area contributed by atoms with Crippen molar-refractivity contribution in [2.75, 3.05) is 0 Å². The molecule has 1 aromatic rings. The van der Waals surface area contributed by atoms with Crippen LogP contribution in [0.25, 0.3) is 0 Å². The fourth-order valence-electron chi connectivity index (χ4n) is 3.03. The molecular weight excluding hydrogens is 232 g/mol. The van der Waals surface area contributed by atoms with Crippen molar-refractivity contribution >= 4 is 0 Å². The highest BCUT2D eigenvalue weighted by atomic mass is 19.2. The van der Waals surface area contributed by atoms with Gasteiger partial charge in [0.25, 0.3) is 0 Å². The quantitative estimate of drug-likeness (QED) is 0.862. The molecule has 1 fully saturated rings. The van der Waals surface area contributed by atoms with E-state index in [9.17, 15) is 8.78 Å². The van der Waals surface area contributed by atoms with E-state index in [1.165, 1.54) is 31.4 Å². The third-order valence-corrected chi connectivity index (χ3v) is 3.76. The Labute approximate surface area is 108 Å². The van der Waals surface area contributed by atoms with Crippen LogP contribution in [0.1, 0.15) is 38.7 Å². The molecule has 0 radical (unpaired) electrons. The summed E-state index contributed by atoms with van der Waals surface area (Å²) in [7, 11) is 0. The minimum absolute atomic E-state index is 0.497. The molecule has 0 saturated heterocycles. The van der Waals surface area contributed by atoms with Crippen molar-refractivity contribution in [3.63, 3.8) is 0 Å². The number of nitrogens with one attached hydrogen (secondary N) is 1. The monoisotopic (exact) mass is 253 g/mol. The van der Waals surface area contributed by atoms with Gasteiger partial charge in [-0.2, -0.15) is 0 Å². The lowest BCUT2D eigenvalue weighted by atomic mass is 9.80. The average molecular weight is 253 g/mol. The van der Waals surface area contributed by atoms with Gasteiger partial charge in [0, 0.05) is 12.6 Å². The Morgan fingerprint density at radius 2 is 1.72 bits per heavy atom. The first-order valence-corrected chi connectivity index (χ1v) is 6.72. The van der Waals surface area contributed by atoms with Gasteiger partial charge in [-0.25, -0.2) is 8.78 Å². The second kappa shape index (κ2) is 5.79. The largest absolute Gasteiger partial charge is 0.310 e. The van der Waals surface area contributed by atoms with Crippen molar-refractivity contribution in [2.45, 2.75) is 45.7 Å². The molecule has 2 rings (SSSR count). The second-order valence-corrected chi connectivity index (χ2v) is 5.74. The van der Waals surface area contributed by atoms with Crippen molar-refractivity contribution in [1.82, 2.24) is 5.32 Å². The fraction of sp³-hybridized carbons (Fsp3) is 0.600. The van der Waals surface area contributed by atoms with Gasteiger partial charge >= 0.3 is 0 Å². The number of hydrogen-bond acceptors (Lipinski definition) is 1. The van der Waals surface area contributed by atoms with Gasteiger partial charge in [-0.15, -0.1) is 0 Å². The Morgan fingerprint density at radius 3 is 2.33 bits per heavy atom. The van der Waals surface area contributed by atoms with Crippen LogP contribution in [-0.4, -0.2) is 6.04 Å². The molecule has 1 aliphatic carbocycles. The summed E-state index contributed by atoms with van der Waals surface area (Å²) < 4.78 is 25.9. The summed E-state index contributed by atoms with van der Waals surface area (Å²) in [5.41, 5.74) is 0.805. The molecule has 1 N–H and O–H groups in total. The van der Waals surface area contributed by atoms with Crippen LogP contribution in [0.4, 0.5) is 8.78 Å². The molecule has 0 amide bonds. The predicted octanol–water partition coefficient (Wildman–Crippen LogP) is 3.88. The predicted molar refractivity (Wildman–Crippen MR) is 69.2 cm³/mol. The lowest BCUT2D eigenvalue weighted by Gasteiger charge is -2.32. The van der Waals surface area contributed by atoms with Crippen LogP contribution in [0.5, 0.6) is 0 Å². The standard InChI is InChI=1S/C15H21F2N/c1-10-5-11(2)7-13(6-10)18-9-12-3-4-14(16)15(17)8-12/h3-4,8,10-11,13,18H,5-7,9H2,1-2H3. The molecule has 0 aliphatic heterocycles. The third-order valence-electron chi connectivity index (χ3n) is 3.76. The zero-order valence-corrected chi connectivity index (χ0v) is 11.0. The van der Waals surface area contributed by atoms with Crippen molar-refractivity contribution < 1.29 is 8.78 Å². The first-order valence-electron chi connectivity index (χ1n) is 6.72. The average Bonchev–Trinajstić information content (AvgIpc) is 2.29. The molecule has 0 aromatic heterocycles. The molecule has 0 spiro atoms. The molecule has 0 heterocycles. The van der Waals surface area contributed by atoms with Crippen LogP contribution in [0, 0.1) is 23.5 Å². The zero-order chi connectivity index (χ0) is 13.1. The van der Waals surface area contributed by atoms with E-state index < -0.39 is 11.6 Å². The molecule has 100 valence electrons. The van der Waals surface area contributed by atoms with Gasteiger partial charge in [-0.1, -0.05) is 19.9 Å². The Balaban J connectivity index is 1.89. The highest BCUT2D eigenvalue weighted by Gasteiger charge is 2.23. The Kier molecular flexibility index (Phi) is 4.33. The van der Waals surface area contributed by atoms with E-state index in [-0.39, 0.29) is 0 Å². The Morgan fingerprint density at radius 1 is 1.06 bits per heavy atom. The van der Waals surface area contributed by atoms with E-state index in [1.54, 1.807) is 6.07 Å². The van der Waals surface area contributed by atoms with Gasteiger partial charge in [-0.3, -0.25) is 0 Å². The van der Waals surface area contributed by atoms with Crippen LogP contribution in [0.2, 0.25) is 0 Å². The van der Waals surface area contributed by atoms with Gasteiger partial charge in [0.05, 0.1) is 0 Å². The van der Waals surface area contributed by atoms with Crippen molar-refractivity contribution in [3.05, 3.63) is 35.4 Å². The van der Waals surface area contributed by atoms with Crippen LogP contribution in [0.15, 0.2) is 18.2 Å². The number of hydrogen-bond donors (Lipinski definition) is 1. The number of halogens is 2. The van der Waals surface area contributed by atoms with Crippen LogP contribution in [0.3, 0.4) is 0 Å². The van der Waals surface area contributed by atoms with Gasteiger partial charge < -0.3 is 5.32 Å². The normalized spacial score (nSPS) is 28.3. The van der Waals surface area contributed by atoms with Crippen LogP contribution < -0.4 is 5.32 Å². The molecule has 1 aliphatic rings. The fourth-order valence-corrected chi connectivity index (χ4v) is 3.03. The smallest absolute Gasteiger partial charge is 0.159 e.